The van der Waals surface area contributed by atoms with Gasteiger partial charge in [-0.1, -0.05) is 30.3 Å². The van der Waals surface area contributed by atoms with Crippen LogP contribution in [0.25, 0.3) is 11.1 Å². The molecule has 0 radical (unpaired) electrons. The van der Waals surface area contributed by atoms with Gasteiger partial charge in [-0.15, -0.1) is 0 Å². The molecule has 1 aliphatic carbocycles. The van der Waals surface area contributed by atoms with Crippen LogP contribution in [0, 0.1) is 17.2 Å². The van der Waals surface area contributed by atoms with Crippen molar-refractivity contribution in [3.63, 3.8) is 0 Å². The van der Waals surface area contributed by atoms with Gasteiger partial charge < -0.3 is 15.0 Å². The number of anilines is 1. The Morgan fingerprint density at radius 1 is 1.14 bits per heavy atom. The van der Waals surface area contributed by atoms with E-state index in [-0.39, 0.29) is 17.9 Å². The Bertz CT molecular complexity index is 1230. The maximum absolute atomic E-state index is 13.3. The minimum atomic E-state index is -0.673. The van der Waals surface area contributed by atoms with Gasteiger partial charge in [-0.2, -0.15) is 5.26 Å². The van der Waals surface area contributed by atoms with E-state index in [1.54, 1.807) is 4.90 Å². The minimum absolute atomic E-state index is 0.0308. The predicted octanol–water partition coefficient (Wildman–Crippen LogP) is 4.68. The lowest BCUT2D eigenvalue weighted by Crippen LogP contribution is -2.55. The first-order chi connectivity index (χ1) is 17.6. The first-order valence-corrected chi connectivity index (χ1v) is 13.3. The van der Waals surface area contributed by atoms with Gasteiger partial charge in [0.05, 0.1) is 6.07 Å². The van der Waals surface area contributed by atoms with Gasteiger partial charge in [0.25, 0.3) is 0 Å². The highest BCUT2D eigenvalue weighted by Crippen LogP contribution is 2.43. The molecule has 2 aromatic rings. The summed E-state index contributed by atoms with van der Waals surface area (Å²) in [5.74, 6) is -0.146. The topological polar surface area (TPSA) is 85.7 Å². The van der Waals surface area contributed by atoms with E-state index in [1.165, 1.54) is 16.8 Å². The molecule has 1 saturated heterocycles. The number of benzene rings is 2. The quantitative estimate of drug-likeness (QED) is 0.644. The molecule has 3 aliphatic rings. The molecule has 2 aliphatic heterocycles. The van der Waals surface area contributed by atoms with E-state index in [0.717, 1.165) is 43.4 Å². The molecule has 4 atom stereocenters. The summed E-state index contributed by atoms with van der Waals surface area (Å²) in [7, 11) is 2.12. The van der Waals surface area contributed by atoms with Crippen molar-refractivity contribution in [2.75, 3.05) is 18.5 Å². The van der Waals surface area contributed by atoms with E-state index in [4.69, 9.17) is 4.74 Å². The Hall–Kier alpha value is -3.53. The summed E-state index contributed by atoms with van der Waals surface area (Å²) in [6.07, 6.45) is 3.65. The number of amides is 2. The zero-order chi connectivity index (χ0) is 26.3. The van der Waals surface area contributed by atoms with Crippen LogP contribution in [0.4, 0.5) is 10.5 Å². The Morgan fingerprint density at radius 2 is 1.86 bits per heavy atom. The summed E-state index contributed by atoms with van der Waals surface area (Å²) >= 11 is 0. The van der Waals surface area contributed by atoms with E-state index in [0.29, 0.717) is 6.42 Å². The first-order valence-electron chi connectivity index (χ1n) is 13.3. The lowest BCUT2D eigenvalue weighted by Gasteiger charge is -2.35. The smallest absolute Gasteiger partial charge is 0.411 e. The molecule has 37 heavy (non-hydrogen) atoms. The molecule has 7 heteroatoms. The lowest BCUT2D eigenvalue weighted by atomic mass is 9.96. The number of ether oxygens (including phenoxy) is 1. The fraction of sp³-hybridized carbons (Fsp3) is 0.500. The summed E-state index contributed by atoms with van der Waals surface area (Å²) in [4.78, 5) is 30.1. The lowest BCUT2D eigenvalue weighted by molar-refractivity contribution is -0.128. The summed E-state index contributed by atoms with van der Waals surface area (Å²) in [5.41, 5.74) is 5.34. The van der Waals surface area contributed by atoms with E-state index in [1.807, 2.05) is 32.9 Å². The molecular weight excluding hydrogens is 464 g/mol. The van der Waals surface area contributed by atoms with Crippen LogP contribution in [-0.2, 0) is 22.4 Å². The third kappa shape index (κ3) is 5.16. The third-order valence-electron chi connectivity index (χ3n) is 7.86. The van der Waals surface area contributed by atoms with E-state index in [9.17, 15) is 14.9 Å². The van der Waals surface area contributed by atoms with Gasteiger partial charge in [-0.25, -0.2) is 4.79 Å². The SMILES string of the molecule is CN1CCc2cc(-c3ccc(CC(C#N)NC(=O)C4C5CCC(C5)N4C(=O)OC(C)(C)C)cc3)ccc21. The molecule has 2 amide bonds. The van der Waals surface area contributed by atoms with Crippen molar-refractivity contribution >= 4 is 17.7 Å². The number of fused-ring (bicyclic) bond motifs is 3. The normalized spacial score (nSPS) is 22.9. The Labute approximate surface area is 219 Å². The number of nitrogens with zero attached hydrogens (tertiary/aromatic N) is 3. The number of likely N-dealkylation sites (tertiary alicyclic amines) is 1. The number of likely N-dealkylation sites (N-methyl/N-ethyl adjacent to an activating group) is 1. The number of piperidine rings is 1. The molecule has 5 rings (SSSR count). The second-order valence-electron chi connectivity index (χ2n) is 11.7. The van der Waals surface area contributed by atoms with Crippen LogP contribution in [0.2, 0.25) is 0 Å². The second kappa shape index (κ2) is 9.74. The number of hydrogen-bond acceptors (Lipinski definition) is 5. The monoisotopic (exact) mass is 500 g/mol. The molecule has 4 unspecified atom stereocenters. The molecule has 1 saturated carbocycles. The maximum atomic E-state index is 13.3. The molecule has 2 fully saturated rings. The van der Waals surface area contributed by atoms with Crippen LogP contribution in [-0.4, -0.2) is 54.2 Å². The third-order valence-corrected chi connectivity index (χ3v) is 7.86. The van der Waals surface area contributed by atoms with Crippen LogP contribution in [0.5, 0.6) is 0 Å². The average Bonchev–Trinajstić information content (AvgIpc) is 3.57. The highest BCUT2D eigenvalue weighted by atomic mass is 16.6. The van der Waals surface area contributed by atoms with Crippen molar-refractivity contribution in [1.82, 2.24) is 10.2 Å². The van der Waals surface area contributed by atoms with Crippen LogP contribution >= 0.6 is 0 Å². The molecule has 2 heterocycles. The number of nitriles is 1. The van der Waals surface area contributed by atoms with Gasteiger partial charge in [0.15, 0.2) is 0 Å². The molecule has 0 spiro atoms. The fourth-order valence-electron chi connectivity index (χ4n) is 6.10. The second-order valence-corrected chi connectivity index (χ2v) is 11.7. The van der Waals surface area contributed by atoms with Crippen LogP contribution in [0.3, 0.4) is 0 Å². The molecule has 194 valence electrons. The fourth-order valence-corrected chi connectivity index (χ4v) is 6.10. The number of rotatable bonds is 5. The zero-order valence-corrected chi connectivity index (χ0v) is 22.2. The molecular formula is C30H36N4O3. The Balaban J connectivity index is 1.24. The Kier molecular flexibility index (Phi) is 6.61. The van der Waals surface area contributed by atoms with Gasteiger partial charge in [-0.3, -0.25) is 9.69 Å². The average molecular weight is 501 g/mol. The van der Waals surface area contributed by atoms with Crippen molar-refractivity contribution in [3.05, 3.63) is 53.6 Å². The van der Waals surface area contributed by atoms with Gasteiger partial charge in [-0.05, 0) is 86.8 Å². The molecule has 2 aromatic carbocycles. The van der Waals surface area contributed by atoms with Crippen LogP contribution in [0.15, 0.2) is 42.5 Å². The summed E-state index contributed by atoms with van der Waals surface area (Å²) in [5, 5.41) is 12.7. The molecule has 7 nitrogen and oxygen atoms in total. The van der Waals surface area contributed by atoms with Crippen molar-refractivity contribution in [2.45, 2.75) is 76.6 Å². The summed E-state index contributed by atoms with van der Waals surface area (Å²) in [6.45, 7) is 6.54. The van der Waals surface area contributed by atoms with E-state index in [2.05, 4.69) is 53.7 Å². The van der Waals surface area contributed by atoms with Crippen molar-refractivity contribution < 1.29 is 14.3 Å². The minimum Gasteiger partial charge on any atom is -0.444 e. The zero-order valence-electron chi connectivity index (χ0n) is 22.2. The van der Waals surface area contributed by atoms with Crippen LogP contribution < -0.4 is 10.2 Å². The van der Waals surface area contributed by atoms with Gasteiger partial charge in [0, 0.05) is 31.7 Å². The van der Waals surface area contributed by atoms with Gasteiger partial charge >= 0.3 is 6.09 Å². The van der Waals surface area contributed by atoms with E-state index >= 15 is 0 Å². The van der Waals surface area contributed by atoms with Crippen molar-refractivity contribution in [3.8, 4) is 17.2 Å². The number of hydrogen-bond donors (Lipinski definition) is 1. The van der Waals surface area contributed by atoms with E-state index < -0.39 is 23.8 Å². The largest absolute Gasteiger partial charge is 0.444 e. The summed E-state index contributed by atoms with van der Waals surface area (Å²) < 4.78 is 5.60. The predicted molar refractivity (Wildman–Crippen MR) is 143 cm³/mol. The van der Waals surface area contributed by atoms with Crippen molar-refractivity contribution in [2.24, 2.45) is 5.92 Å². The highest BCUT2D eigenvalue weighted by molar-refractivity contribution is 5.87. The number of carbonyl (C=O) groups excluding carboxylic acids is 2. The number of carbonyl (C=O) groups is 2. The van der Waals surface area contributed by atoms with Gasteiger partial charge in [0.1, 0.15) is 17.7 Å². The Morgan fingerprint density at radius 3 is 2.57 bits per heavy atom. The molecule has 0 aromatic heterocycles. The van der Waals surface area contributed by atoms with Gasteiger partial charge in [0.2, 0.25) is 5.91 Å². The highest BCUT2D eigenvalue weighted by Gasteiger charge is 2.52. The first kappa shape index (κ1) is 25.1. The maximum Gasteiger partial charge on any atom is 0.411 e. The van der Waals surface area contributed by atoms with Crippen LogP contribution in [0.1, 0.15) is 51.2 Å². The standard InChI is InChI=1S/C30H36N4O3/c1-30(2,3)37-29(36)34-25-11-9-23(17-25)27(34)28(35)32-24(18-31)15-19-5-7-20(8-6-19)21-10-12-26-22(16-21)13-14-33(26)4/h5-8,10,12,16,23-25,27H,9,11,13-15,17H2,1-4H3,(H,32,35). The number of nitrogens with one attached hydrogen (secondary N) is 1. The molecule has 1 N–H and O–H groups in total. The summed E-state index contributed by atoms with van der Waals surface area (Å²) in [6, 6.07) is 15.8. The van der Waals surface area contributed by atoms with Crippen molar-refractivity contribution in [1.29, 1.82) is 5.26 Å². The molecule has 2 bridgehead atoms.